The van der Waals surface area contributed by atoms with E-state index in [1.807, 2.05) is 60.7 Å². The van der Waals surface area contributed by atoms with Crippen molar-refractivity contribution in [3.63, 3.8) is 0 Å². The van der Waals surface area contributed by atoms with Crippen LogP contribution in [0.3, 0.4) is 0 Å². The average molecular weight is 624 g/mol. The van der Waals surface area contributed by atoms with Crippen molar-refractivity contribution >= 4 is 19.4 Å². The van der Waals surface area contributed by atoms with Gasteiger partial charge in [-0.15, -0.1) is 0 Å². The monoisotopic (exact) mass is 623 g/mol. The molecular weight excluding hydrogens is 573 g/mol. The van der Waals surface area contributed by atoms with E-state index in [2.05, 4.69) is 12.2 Å². The van der Waals surface area contributed by atoms with E-state index in [-0.39, 0.29) is 19.2 Å². The number of carboxylic acids is 1. The molecule has 3 atom stereocenters. The highest BCUT2D eigenvalue weighted by Crippen LogP contribution is 2.65. The molecule has 4 bridgehead atoms. The van der Waals surface area contributed by atoms with Crippen molar-refractivity contribution in [1.82, 2.24) is 5.32 Å². The molecule has 2 N–H and O–H groups in total. The van der Waals surface area contributed by atoms with E-state index in [1.165, 1.54) is 19.3 Å². The van der Waals surface area contributed by atoms with E-state index < -0.39 is 36.7 Å². The van der Waals surface area contributed by atoms with Crippen LogP contribution in [0.15, 0.2) is 60.7 Å². The van der Waals surface area contributed by atoms with E-state index in [1.54, 1.807) is 0 Å². The molecule has 2 aromatic carbocycles. The third-order valence-corrected chi connectivity index (χ3v) is 13.0. The van der Waals surface area contributed by atoms with Crippen molar-refractivity contribution < 1.29 is 28.5 Å². The topological polar surface area (TPSA) is 102 Å². The van der Waals surface area contributed by atoms with Crippen LogP contribution in [0.4, 0.5) is 4.79 Å². The number of carboxylic acid groups (broad SMARTS) is 1. The summed E-state index contributed by atoms with van der Waals surface area (Å²) in [6.45, 7) is 2.24. The Balaban J connectivity index is 1.42. The van der Waals surface area contributed by atoms with Gasteiger partial charge in [-0.05, 0) is 73.8 Å². The first kappa shape index (κ1) is 32.8. The second-order valence-electron chi connectivity index (χ2n) is 13.8. The SMILES string of the molecule is CCCCCCCC(CP(=O)(OC12CC3CC(CC(C3)C1)C2)C(Cc1ccccc1)NC(=O)OCc1ccccc1)C(=O)O. The van der Waals surface area contributed by atoms with Gasteiger partial charge in [-0.25, -0.2) is 4.79 Å². The average Bonchev–Trinajstić information content (AvgIpc) is 2.99. The van der Waals surface area contributed by atoms with Gasteiger partial charge in [0.1, 0.15) is 12.4 Å². The molecule has 0 spiro atoms. The molecule has 0 heterocycles. The van der Waals surface area contributed by atoms with Crippen LogP contribution in [0.1, 0.15) is 95.1 Å². The number of nitrogens with one attached hydrogen (secondary N) is 1. The Kier molecular flexibility index (Phi) is 11.2. The van der Waals surface area contributed by atoms with Gasteiger partial charge in [-0.3, -0.25) is 9.36 Å². The summed E-state index contributed by atoms with van der Waals surface area (Å²) >= 11 is 0. The van der Waals surface area contributed by atoms with Crippen molar-refractivity contribution in [3.8, 4) is 0 Å². The van der Waals surface area contributed by atoms with Crippen LogP contribution in [0.5, 0.6) is 0 Å². The number of hydrogen-bond donors (Lipinski definition) is 2. The van der Waals surface area contributed by atoms with Crippen LogP contribution < -0.4 is 5.32 Å². The fraction of sp³-hybridized carbons (Fsp3) is 0.611. The molecule has 8 heteroatoms. The third kappa shape index (κ3) is 8.75. The predicted octanol–water partition coefficient (Wildman–Crippen LogP) is 8.81. The first-order valence-electron chi connectivity index (χ1n) is 16.8. The Hall–Kier alpha value is -2.63. The van der Waals surface area contributed by atoms with E-state index >= 15 is 4.57 Å². The number of carbonyl (C=O) groups excluding carboxylic acids is 1. The fourth-order valence-corrected chi connectivity index (χ4v) is 11.4. The maximum Gasteiger partial charge on any atom is 0.408 e. The van der Waals surface area contributed by atoms with Crippen molar-refractivity contribution in [1.29, 1.82) is 0 Å². The van der Waals surface area contributed by atoms with Gasteiger partial charge in [0, 0.05) is 12.6 Å². The minimum Gasteiger partial charge on any atom is -0.481 e. The molecule has 7 nitrogen and oxygen atoms in total. The highest BCUT2D eigenvalue weighted by Gasteiger charge is 2.55. The highest BCUT2D eigenvalue weighted by molar-refractivity contribution is 7.59. The van der Waals surface area contributed by atoms with Gasteiger partial charge < -0.3 is 19.7 Å². The van der Waals surface area contributed by atoms with Crippen LogP contribution in [0.2, 0.25) is 0 Å². The lowest BCUT2D eigenvalue weighted by Crippen LogP contribution is -2.52. The summed E-state index contributed by atoms with van der Waals surface area (Å²) in [6.07, 6.45) is 11.2. The smallest absolute Gasteiger partial charge is 0.408 e. The maximum atomic E-state index is 15.5. The number of amides is 1. The van der Waals surface area contributed by atoms with E-state index in [0.717, 1.165) is 62.5 Å². The first-order chi connectivity index (χ1) is 21.3. The Morgan fingerprint density at radius 3 is 2.02 bits per heavy atom. The molecule has 4 fully saturated rings. The van der Waals surface area contributed by atoms with Crippen molar-refractivity contribution in [3.05, 3.63) is 71.8 Å². The van der Waals surface area contributed by atoms with Crippen LogP contribution in [-0.4, -0.2) is 34.7 Å². The van der Waals surface area contributed by atoms with Gasteiger partial charge >= 0.3 is 12.1 Å². The summed E-state index contributed by atoms with van der Waals surface area (Å²) in [7, 11) is -3.76. The van der Waals surface area contributed by atoms with Crippen LogP contribution in [0.25, 0.3) is 0 Å². The Bertz CT molecular complexity index is 1230. The Labute approximate surface area is 263 Å². The van der Waals surface area contributed by atoms with Crippen molar-refractivity contribution in [2.24, 2.45) is 23.7 Å². The molecule has 6 rings (SSSR count). The number of rotatable bonds is 17. The zero-order chi connectivity index (χ0) is 31.0. The number of alkyl carbamates (subject to hydrolysis) is 1. The molecule has 0 aliphatic heterocycles. The molecule has 3 unspecified atom stereocenters. The van der Waals surface area contributed by atoms with E-state index in [0.29, 0.717) is 24.2 Å². The predicted molar refractivity (Wildman–Crippen MR) is 173 cm³/mol. The van der Waals surface area contributed by atoms with Gasteiger partial charge in [0.15, 0.2) is 0 Å². The lowest BCUT2D eigenvalue weighted by molar-refractivity contribution is -0.141. The molecule has 4 aliphatic rings. The second kappa shape index (κ2) is 15.1. The third-order valence-electron chi connectivity index (χ3n) is 10.1. The molecule has 2 aromatic rings. The molecular formula is C36H50NO6P. The molecule has 1 amide bonds. The summed E-state index contributed by atoms with van der Waals surface area (Å²) < 4.78 is 28.1. The normalized spacial score (nSPS) is 26.4. The van der Waals surface area contributed by atoms with Gasteiger partial charge in [-0.2, -0.15) is 0 Å². The number of benzene rings is 2. The highest BCUT2D eigenvalue weighted by atomic mass is 31.2. The lowest BCUT2D eigenvalue weighted by atomic mass is 9.54. The first-order valence-corrected chi connectivity index (χ1v) is 18.7. The Morgan fingerprint density at radius 2 is 1.45 bits per heavy atom. The minimum absolute atomic E-state index is 0.0837. The number of unbranched alkanes of at least 4 members (excludes halogenated alkanes) is 4. The van der Waals surface area contributed by atoms with Crippen LogP contribution in [-0.2, 0) is 31.6 Å². The molecule has 44 heavy (non-hydrogen) atoms. The molecule has 0 saturated heterocycles. The van der Waals surface area contributed by atoms with Gasteiger partial charge in [0.05, 0.1) is 11.5 Å². The van der Waals surface area contributed by atoms with Crippen molar-refractivity contribution in [2.45, 2.75) is 108 Å². The maximum absolute atomic E-state index is 15.5. The molecule has 0 radical (unpaired) electrons. The van der Waals surface area contributed by atoms with Gasteiger partial charge in [-0.1, -0.05) is 99.7 Å². The minimum atomic E-state index is -3.76. The molecule has 0 aromatic heterocycles. The van der Waals surface area contributed by atoms with Crippen LogP contribution >= 0.6 is 7.37 Å². The van der Waals surface area contributed by atoms with E-state index in [9.17, 15) is 14.7 Å². The standard InChI is InChI=1S/C36H50NO6P/c1-2-3-4-5-12-17-32(34(38)39)26-44(41,43-36-22-29-18-30(23-36)20-31(19-29)24-36)33(21-27-13-8-6-9-14-27)37-35(40)42-25-28-15-10-7-11-16-28/h6-11,13-16,29-33H,2-5,12,17-26H2,1H3,(H,37,40)(H,38,39). The van der Waals surface area contributed by atoms with E-state index in [4.69, 9.17) is 9.26 Å². The molecule has 4 aliphatic carbocycles. The summed E-state index contributed by atoms with van der Waals surface area (Å²) in [4.78, 5) is 25.9. The largest absolute Gasteiger partial charge is 0.481 e. The quantitative estimate of drug-likeness (QED) is 0.135. The number of carbonyl (C=O) groups is 2. The number of ether oxygens (including phenoxy) is 1. The second-order valence-corrected chi connectivity index (χ2v) is 16.4. The van der Waals surface area contributed by atoms with Crippen LogP contribution in [0, 0.1) is 23.7 Å². The van der Waals surface area contributed by atoms with Gasteiger partial charge in [0.2, 0.25) is 7.37 Å². The molecule has 240 valence electrons. The summed E-state index contributed by atoms with van der Waals surface area (Å²) in [6, 6.07) is 19.1. The zero-order valence-electron chi connectivity index (χ0n) is 26.2. The number of aliphatic carboxylic acids is 1. The summed E-state index contributed by atoms with van der Waals surface area (Å²) in [5.74, 6) is -0.945. The Morgan fingerprint density at radius 1 is 0.886 bits per heavy atom. The summed E-state index contributed by atoms with van der Waals surface area (Å²) in [5.41, 5.74) is 1.24. The summed E-state index contributed by atoms with van der Waals surface area (Å²) in [5, 5.41) is 13.3. The zero-order valence-corrected chi connectivity index (χ0v) is 27.1. The van der Waals surface area contributed by atoms with Crippen molar-refractivity contribution in [2.75, 3.05) is 6.16 Å². The molecule has 4 saturated carbocycles. The lowest BCUT2D eigenvalue weighted by Gasteiger charge is -2.57. The van der Waals surface area contributed by atoms with Gasteiger partial charge in [0.25, 0.3) is 0 Å². The number of hydrogen-bond acceptors (Lipinski definition) is 5. The fourth-order valence-electron chi connectivity index (χ4n) is 8.32.